The van der Waals surface area contributed by atoms with Crippen molar-refractivity contribution < 1.29 is 13.2 Å². The summed E-state index contributed by atoms with van der Waals surface area (Å²) in [6.45, 7) is 0. The highest BCUT2D eigenvalue weighted by Crippen LogP contribution is 2.36. The molecule has 0 saturated heterocycles. The van der Waals surface area contributed by atoms with Crippen LogP contribution in [0.1, 0.15) is 5.56 Å². The molecule has 0 bridgehead atoms. The standard InChI is InChI=1S/C12H7ClF3N5/c13-11-19-9(6-5-17-21-10(6)20-11)18-8-4-2-1-3-7(8)12(14,15)16/h1-5H,(H2,17,18,19,20,21). The molecular formula is C12H7ClF3N5. The first kappa shape index (κ1) is 13.6. The third kappa shape index (κ3) is 2.62. The van der Waals surface area contributed by atoms with E-state index in [1.165, 1.54) is 24.4 Å². The van der Waals surface area contributed by atoms with Crippen LogP contribution in [0.2, 0.25) is 5.28 Å². The fourth-order valence-electron chi connectivity index (χ4n) is 1.87. The van der Waals surface area contributed by atoms with Crippen LogP contribution in [0.5, 0.6) is 0 Å². The Bertz CT molecular complexity index is 799. The molecule has 9 heteroatoms. The van der Waals surface area contributed by atoms with Gasteiger partial charge in [0.2, 0.25) is 5.28 Å². The highest BCUT2D eigenvalue weighted by molar-refractivity contribution is 6.28. The van der Waals surface area contributed by atoms with Gasteiger partial charge in [-0.15, -0.1) is 0 Å². The normalized spacial score (nSPS) is 11.8. The molecule has 0 fully saturated rings. The van der Waals surface area contributed by atoms with Crippen LogP contribution in [-0.2, 0) is 6.18 Å². The topological polar surface area (TPSA) is 66.5 Å². The van der Waals surface area contributed by atoms with Gasteiger partial charge in [-0.05, 0) is 23.7 Å². The number of H-pyrrole nitrogens is 1. The van der Waals surface area contributed by atoms with Crippen LogP contribution in [0.4, 0.5) is 24.7 Å². The predicted molar refractivity (Wildman–Crippen MR) is 71.4 cm³/mol. The lowest BCUT2D eigenvalue weighted by Crippen LogP contribution is -2.09. The van der Waals surface area contributed by atoms with E-state index in [-0.39, 0.29) is 16.8 Å². The number of aromatic amines is 1. The summed E-state index contributed by atoms with van der Waals surface area (Å²) in [7, 11) is 0. The first-order chi connectivity index (χ1) is 9.95. The van der Waals surface area contributed by atoms with Crippen molar-refractivity contribution in [3.05, 3.63) is 41.3 Å². The van der Waals surface area contributed by atoms with Gasteiger partial charge in [-0.1, -0.05) is 12.1 Å². The Morgan fingerprint density at radius 1 is 1.14 bits per heavy atom. The van der Waals surface area contributed by atoms with Gasteiger partial charge >= 0.3 is 6.18 Å². The molecule has 0 unspecified atom stereocenters. The van der Waals surface area contributed by atoms with Crippen molar-refractivity contribution in [3.63, 3.8) is 0 Å². The SMILES string of the molecule is FC(F)(F)c1ccccc1Nc1nc(Cl)nc2[nH]ncc12. The van der Waals surface area contributed by atoms with E-state index >= 15 is 0 Å². The summed E-state index contributed by atoms with van der Waals surface area (Å²) in [6, 6.07) is 5.10. The number of nitrogens with one attached hydrogen (secondary N) is 2. The zero-order valence-electron chi connectivity index (χ0n) is 10.2. The smallest absolute Gasteiger partial charge is 0.339 e. The van der Waals surface area contributed by atoms with E-state index in [4.69, 9.17) is 11.6 Å². The Balaban J connectivity index is 2.09. The molecule has 21 heavy (non-hydrogen) atoms. The lowest BCUT2D eigenvalue weighted by molar-refractivity contribution is -0.136. The van der Waals surface area contributed by atoms with Crippen molar-refractivity contribution in [1.82, 2.24) is 20.2 Å². The van der Waals surface area contributed by atoms with E-state index in [0.29, 0.717) is 11.0 Å². The Hall–Kier alpha value is -2.35. The van der Waals surface area contributed by atoms with Crippen LogP contribution in [0, 0.1) is 0 Å². The number of nitrogens with zero attached hydrogens (tertiary/aromatic N) is 3. The van der Waals surface area contributed by atoms with Gasteiger partial charge in [0.05, 0.1) is 22.8 Å². The maximum atomic E-state index is 13.0. The van der Waals surface area contributed by atoms with Crippen LogP contribution in [-0.4, -0.2) is 20.2 Å². The number of rotatable bonds is 2. The minimum atomic E-state index is -4.48. The summed E-state index contributed by atoms with van der Waals surface area (Å²) in [4.78, 5) is 7.79. The molecule has 2 aromatic heterocycles. The molecule has 0 radical (unpaired) electrons. The average Bonchev–Trinajstić information content (AvgIpc) is 2.86. The van der Waals surface area contributed by atoms with Gasteiger partial charge in [-0.25, -0.2) is 0 Å². The highest BCUT2D eigenvalue weighted by atomic mass is 35.5. The molecule has 108 valence electrons. The molecule has 5 nitrogen and oxygen atoms in total. The summed E-state index contributed by atoms with van der Waals surface area (Å²) in [6.07, 6.45) is -3.07. The van der Waals surface area contributed by atoms with E-state index in [0.717, 1.165) is 6.07 Å². The van der Waals surface area contributed by atoms with Crippen molar-refractivity contribution in [2.75, 3.05) is 5.32 Å². The van der Waals surface area contributed by atoms with Gasteiger partial charge in [0.15, 0.2) is 5.65 Å². The van der Waals surface area contributed by atoms with Gasteiger partial charge in [0.25, 0.3) is 0 Å². The third-order valence-corrected chi connectivity index (χ3v) is 2.94. The van der Waals surface area contributed by atoms with Crippen molar-refractivity contribution >= 4 is 34.1 Å². The molecule has 0 aliphatic heterocycles. The van der Waals surface area contributed by atoms with Crippen molar-refractivity contribution in [2.45, 2.75) is 6.18 Å². The summed E-state index contributed by atoms with van der Waals surface area (Å²) in [5.74, 6) is 0.149. The molecular weight excluding hydrogens is 307 g/mol. The van der Waals surface area contributed by atoms with Crippen molar-refractivity contribution in [1.29, 1.82) is 0 Å². The van der Waals surface area contributed by atoms with Crippen LogP contribution >= 0.6 is 11.6 Å². The minimum absolute atomic E-state index is 0.0984. The zero-order chi connectivity index (χ0) is 15.0. The Kier molecular flexibility index (Phi) is 3.17. The van der Waals surface area contributed by atoms with Crippen molar-refractivity contribution in [3.8, 4) is 0 Å². The molecule has 0 aliphatic carbocycles. The Labute approximate surface area is 121 Å². The number of anilines is 2. The van der Waals surface area contributed by atoms with E-state index < -0.39 is 11.7 Å². The number of hydrogen-bond donors (Lipinski definition) is 2. The molecule has 3 rings (SSSR count). The second-order valence-corrected chi connectivity index (χ2v) is 4.48. The number of benzene rings is 1. The maximum absolute atomic E-state index is 13.0. The third-order valence-electron chi connectivity index (χ3n) is 2.77. The van der Waals surface area contributed by atoms with Crippen molar-refractivity contribution in [2.24, 2.45) is 0 Å². The average molecular weight is 314 g/mol. The molecule has 0 spiro atoms. The second kappa shape index (κ2) is 4.88. The Morgan fingerprint density at radius 3 is 2.67 bits per heavy atom. The molecule has 3 aromatic rings. The molecule has 0 atom stereocenters. The van der Waals surface area contributed by atoms with Gasteiger partial charge in [-0.3, -0.25) is 5.10 Å². The quantitative estimate of drug-likeness (QED) is 0.707. The molecule has 1 aromatic carbocycles. The number of para-hydroxylation sites is 1. The van der Waals surface area contributed by atoms with Crippen LogP contribution in [0.15, 0.2) is 30.5 Å². The van der Waals surface area contributed by atoms with Gasteiger partial charge in [0, 0.05) is 0 Å². The van der Waals surface area contributed by atoms with Gasteiger partial charge in [0.1, 0.15) is 5.82 Å². The number of hydrogen-bond acceptors (Lipinski definition) is 4. The lowest BCUT2D eigenvalue weighted by Gasteiger charge is -2.14. The van der Waals surface area contributed by atoms with Gasteiger partial charge < -0.3 is 5.32 Å². The van der Waals surface area contributed by atoms with Crippen LogP contribution in [0.25, 0.3) is 11.0 Å². The van der Waals surface area contributed by atoms with Gasteiger partial charge in [-0.2, -0.15) is 28.2 Å². The van der Waals surface area contributed by atoms with E-state index in [1.807, 2.05) is 0 Å². The number of halogens is 4. The monoisotopic (exact) mass is 313 g/mol. The lowest BCUT2D eigenvalue weighted by atomic mass is 10.1. The van der Waals surface area contributed by atoms with E-state index in [1.54, 1.807) is 0 Å². The summed E-state index contributed by atoms with van der Waals surface area (Å²) in [5.41, 5.74) is -0.583. The van der Waals surface area contributed by atoms with E-state index in [9.17, 15) is 13.2 Å². The second-order valence-electron chi connectivity index (χ2n) is 4.14. The first-order valence-corrected chi connectivity index (χ1v) is 6.13. The summed E-state index contributed by atoms with van der Waals surface area (Å²) in [5, 5.41) is 9.33. The van der Waals surface area contributed by atoms with Crippen LogP contribution in [0.3, 0.4) is 0 Å². The molecule has 2 heterocycles. The molecule has 2 N–H and O–H groups in total. The molecule has 0 saturated carbocycles. The summed E-state index contributed by atoms with van der Waals surface area (Å²) >= 11 is 5.74. The minimum Gasteiger partial charge on any atom is -0.339 e. The number of alkyl halides is 3. The fraction of sp³-hybridized carbons (Fsp3) is 0.0833. The predicted octanol–water partition coefficient (Wildman–Crippen LogP) is 3.77. The largest absolute Gasteiger partial charge is 0.418 e. The zero-order valence-corrected chi connectivity index (χ0v) is 11.0. The van der Waals surface area contributed by atoms with Crippen LogP contribution < -0.4 is 5.32 Å². The maximum Gasteiger partial charge on any atom is 0.418 e. The first-order valence-electron chi connectivity index (χ1n) is 5.75. The number of fused-ring (bicyclic) bond motifs is 1. The molecule has 0 amide bonds. The Morgan fingerprint density at radius 2 is 1.90 bits per heavy atom. The summed E-state index contributed by atoms with van der Waals surface area (Å²) < 4.78 is 38.9. The number of aromatic nitrogens is 4. The fourth-order valence-corrected chi connectivity index (χ4v) is 2.04. The van der Waals surface area contributed by atoms with E-state index in [2.05, 4.69) is 25.5 Å². The highest BCUT2D eigenvalue weighted by Gasteiger charge is 2.33. The molecule has 0 aliphatic rings.